The number of hydrogen-bond donors (Lipinski definition) is 2. The van der Waals surface area contributed by atoms with Gasteiger partial charge in [0.15, 0.2) is 5.69 Å². The highest BCUT2D eigenvalue weighted by atomic mass is 32.2. The lowest BCUT2D eigenvalue weighted by atomic mass is 9.99. The van der Waals surface area contributed by atoms with Crippen molar-refractivity contribution in [1.29, 1.82) is 0 Å². The smallest absolute Gasteiger partial charge is 0.386 e. The molecule has 0 fully saturated rings. The molecule has 0 aliphatic heterocycles. The fourth-order valence-electron chi connectivity index (χ4n) is 3.57. The predicted octanol–water partition coefficient (Wildman–Crippen LogP) is 2.97. The van der Waals surface area contributed by atoms with Crippen molar-refractivity contribution in [2.24, 2.45) is 0 Å². The fraction of sp³-hybridized carbons (Fsp3) is 0.550. The Labute approximate surface area is 174 Å². The number of nitrogens with one attached hydrogen (secondary N) is 1. The molecule has 166 valence electrons. The van der Waals surface area contributed by atoms with Gasteiger partial charge in [0, 0.05) is 17.8 Å². The maximum atomic E-state index is 13.3. The van der Waals surface area contributed by atoms with Gasteiger partial charge in [-0.25, -0.2) is 13.1 Å². The summed E-state index contributed by atoms with van der Waals surface area (Å²) < 4.78 is 68.0. The van der Waals surface area contributed by atoms with Crippen LogP contribution in [0.3, 0.4) is 0 Å². The molecule has 10 heteroatoms. The molecule has 1 aromatic carbocycles. The van der Waals surface area contributed by atoms with Gasteiger partial charge in [-0.15, -0.1) is 0 Å². The van der Waals surface area contributed by atoms with Crippen LogP contribution in [-0.2, 0) is 41.2 Å². The topological polar surface area (TPSA) is 84.2 Å². The summed E-state index contributed by atoms with van der Waals surface area (Å²) >= 11 is 0. The summed E-state index contributed by atoms with van der Waals surface area (Å²) in [6, 6.07) is 5.32. The van der Waals surface area contributed by atoms with Gasteiger partial charge in [0.2, 0.25) is 10.0 Å². The van der Waals surface area contributed by atoms with Gasteiger partial charge in [0.25, 0.3) is 0 Å². The van der Waals surface area contributed by atoms with Crippen molar-refractivity contribution in [3.05, 3.63) is 52.3 Å². The monoisotopic (exact) mass is 445 g/mol. The van der Waals surface area contributed by atoms with Crippen molar-refractivity contribution >= 4 is 10.0 Å². The summed E-state index contributed by atoms with van der Waals surface area (Å²) in [6.45, 7) is 5.91. The maximum absolute atomic E-state index is 13.3. The van der Waals surface area contributed by atoms with E-state index in [0.717, 1.165) is 16.7 Å². The molecule has 2 aromatic rings. The maximum Gasteiger partial charge on any atom is 0.435 e. The van der Waals surface area contributed by atoms with Gasteiger partial charge in [-0.1, -0.05) is 18.2 Å². The second kappa shape index (κ2) is 7.65. The van der Waals surface area contributed by atoms with E-state index in [9.17, 15) is 26.7 Å². The number of benzene rings is 1. The molecule has 0 bridgehead atoms. The third-order valence-electron chi connectivity index (χ3n) is 5.19. The Bertz CT molecular complexity index is 1010. The molecule has 0 saturated heterocycles. The van der Waals surface area contributed by atoms with Crippen LogP contribution in [-0.4, -0.2) is 34.6 Å². The Balaban J connectivity index is 1.80. The number of fused-ring (bicyclic) bond motifs is 1. The zero-order valence-electron chi connectivity index (χ0n) is 17.3. The molecule has 6 nitrogen and oxygen atoms in total. The first-order chi connectivity index (χ1) is 13.7. The second-order valence-corrected chi connectivity index (χ2v) is 10.8. The van der Waals surface area contributed by atoms with Crippen molar-refractivity contribution in [3.63, 3.8) is 0 Å². The molecule has 0 spiro atoms. The summed E-state index contributed by atoms with van der Waals surface area (Å²) in [5.41, 5.74) is -0.320. The van der Waals surface area contributed by atoms with Gasteiger partial charge >= 0.3 is 6.18 Å². The number of hydrogen-bond acceptors (Lipinski definition) is 4. The lowest BCUT2D eigenvalue weighted by Crippen LogP contribution is -2.39. The lowest BCUT2D eigenvalue weighted by molar-refractivity contribution is -0.144. The van der Waals surface area contributed by atoms with Crippen molar-refractivity contribution in [2.45, 2.75) is 70.2 Å². The number of aliphatic hydroxyl groups is 1. The van der Waals surface area contributed by atoms with E-state index in [1.54, 1.807) is 19.9 Å². The van der Waals surface area contributed by atoms with Crippen LogP contribution in [0.15, 0.2) is 24.4 Å². The average Bonchev–Trinajstić information content (AvgIpc) is 3.16. The van der Waals surface area contributed by atoms with Crippen LogP contribution in [0.5, 0.6) is 0 Å². The number of nitrogens with zero attached hydrogens (tertiary/aromatic N) is 2. The molecule has 30 heavy (non-hydrogen) atoms. The first kappa shape index (κ1) is 22.8. The van der Waals surface area contributed by atoms with Crippen LogP contribution in [0.4, 0.5) is 13.2 Å². The van der Waals surface area contributed by atoms with Gasteiger partial charge in [0.05, 0.1) is 17.4 Å². The number of sulfonamides is 1. The molecule has 1 aromatic heterocycles. The summed E-state index contributed by atoms with van der Waals surface area (Å²) in [5, 5.41) is 13.2. The normalized spacial score (nSPS) is 17.6. The SMILES string of the molecule is CC(C)S(=O)(=O)N[C@@H]1Cc2ccc(Cn3cc(C(C)(C)O)c(C(F)(F)F)n3)cc2C1. The van der Waals surface area contributed by atoms with Crippen molar-refractivity contribution in [2.75, 3.05) is 0 Å². The van der Waals surface area contributed by atoms with Crippen molar-refractivity contribution < 1.29 is 26.7 Å². The van der Waals surface area contributed by atoms with Gasteiger partial charge < -0.3 is 5.11 Å². The molecule has 2 N–H and O–H groups in total. The van der Waals surface area contributed by atoms with Crippen molar-refractivity contribution in [3.8, 4) is 0 Å². The quantitative estimate of drug-likeness (QED) is 0.716. The minimum atomic E-state index is -4.67. The summed E-state index contributed by atoms with van der Waals surface area (Å²) in [5.74, 6) is 0. The Morgan fingerprint density at radius 2 is 1.87 bits per heavy atom. The molecule has 1 aliphatic carbocycles. The summed E-state index contributed by atoms with van der Waals surface area (Å²) in [6.07, 6.45) is -2.35. The Morgan fingerprint density at radius 1 is 1.23 bits per heavy atom. The predicted molar refractivity (Wildman–Crippen MR) is 106 cm³/mol. The Kier molecular flexibility index (Phi) is 5.81. The Hall–Kier alpha value is -1.91. The Morgan fingerprint density at radius 3 is 2.40 bits per heavy atom. The molecule has 1 atom stereocenters. The average molecular weight is 446 g/mol. The first-order valence-corrected chi connectivity index (χ1v) is 11.2. The van der Waals surface area contributed by atoms with E-state index >= 15 is 0 Å². The minimum absolute atomic E-state index is 0.106. The molecule has 0 unspecified atom stereocenters. The van der Waals surface area contributed by atoms with Crippen LogP contribution in [0, 0.1) is 0 Å². The molecular formula is C20H26F3N3O3S. The van der Waals surface area contributed by atoms with Gasteiger partial charge in [-0.05, 0) is 57.2 Å². The van der Waals surface area contributed by atoms with E-state index in [1.165, 1.54) is 24.7 Å². The first-order valence-electron chi connectivity index (χ1n) is 9.66. The van der Waals surface area contributed by atoms with Crippen LogP contribution >= 0.6 is 0 Å². The minimum Gasteiger partial charge on any atom is -0.386 e. The fourth-order valence-corrected chi connectivity index (χ4v) is 4.47. The zero-order valence-corrected chi connectivity index (χ0v) is 18.1. The van der Waals surface area contributed by atoms with Gasteiger partial charge in [-0.3, -0.25) is 4.68 Å². The van der Waals surface area contributed by atoms with Crippen LogP contribution in [0.25, 0.3) is 0 Å². The van der Waals surface area contributed by atoms with Gasteiger partial charge in [0.1, 0.15) is 0 Å². The summed E-state index contributed by atoms with van der Waals surface area (Å²) in [4.78, 5) is 0. The van der Waals surface area contributed by atoms with Gasteiger partial charge in [-0.2, -0.15) is 18.3 Å². The lowest BCUT2D eigenvalue weighted by Gasteiger charge is -2.17. The number of halogens is 3. The molecule has 0 saturated carbocycles. The van der Waals surface area contributed by atoms with E-state index in [0.29, 0.717) is 12.8 Å². The number of aromatic nitrogens is 2. The third-order valence-corrected chi connectivity index (χ3v) is 7.09. The van der Waals surface area contributed by atoms with E-state index in [4.69, 9.17) is 0 Å². The van der Waals surface area contributed by atoms with E-state index < -0.39 is 32.7 Å². The van der Waals surface area contributed by atoms with Crippen molar-refractivity contribution in [1.82, 2.24) is 14.5 Å². The van der Waals surface area contributed by atoms with E-state index in [1.807, 2.05) is 12.1 Å². The number of rotatable bonds is 6. The zero-order chi connectivity index (χ0) is 22.5. The largest absolute Gasteiger partial charge is 0.435 e. The molecule has 1 aliphatic rings. The van der Waals surface area contributed by atoms with Crippen LogP contribution < -0.4 is 4.72 Å². The number of alkyl halides is 3. The summed E-state index contributed by atoms with van der Waals surface area (Å²) in [7, 11) is -3.38. The molecule has 1 heterocycles. The molecule has 0 radical (unpaired) electrons. The van der Waals surface area contributed by atoms with Crippen LogP contribution in [0.1, 0.15) is 55.6 Å². The molecular weight excluding hydrogens is 419 g/mol. The highest BCUT2D eigenvalue weighted by Gasteiger charge is 2.41. The highest BCUT2D eigenvalue weighted by molar-refractivity contribution is 7.90. The van der Waals surface area contributed by atoms with E-state index in [-0.39, 0.29) is 18.2 Å². The second-order valence-electron chi connectivity index (χ2n) is 8.57. The van der Waals surface area contributed by atoms with Crippen LogP contribution in [0.2, 0.25) is 0 Å². The third kappa shape index (κ3) is 4.87. The van der Waals surface area contributed by atoms with E-state index in [2.05, 4.69) is 9.82 Å². The standard InChI is InChI=1S/C20H26F3N3O3S/c1-12(2)30(28,29)25-16-8-14-6-5-13(7-15(14)9-16)10-26-11-17(19(3,4)27)18(24-26)20(21,22)23/h5-7,11-12,16,25,27H,8-10H2,1-4H3/t16-/m1/s1. The molecule has 3 rings (SSSR count). The highest BCUT2D eigenvalue weighted by Crippen LogP contribution is 2.35. The molecule has 0 amide bonds.